The second-order valence-electron chi connectivity index (χ2n) is 6.61. The summed E-state index contributed by atoms with van der Waals surface area (Å²) in [6, 6.07) is 12.0. The first-order valence-corrected chi connectivity index (χ1v) is 9.47. The molecule has 0 fully saturated rings. The third-order valence-corrected chi connectivity index (χ3v) is 4.51. The normalized spacial score (nSPS) is 14.8. The van der Waals surface area contributed by atoms with Crippen molar-refractivity contribution in [1.29, 1.82) is 0 Å². The number of carbonyl (C=O) groups is 3. The molecule has 4 rings (SSSR count). The van der Waals surface area contributed by atoms with Crippen LogP contribution in [0.15, 0.2) is 42.5 Å². The first-order chi connectivity index (χ1) is 14.6. The number of rotatable bonds is 5. The number of nitrogens with one attached hydrogen (secondary N) is 1. The van der Waals surface area contributed by atoms with Crippen molar-refractivity contribution in [2.45, 2.75) is 6.42 Å². The molecule has 0 radical (unpaired) electrons. The van der Waals surface area contributed by atoms with Gasteiger partial charge in [-0.2, -0.15) is 0 Å². The zero-order valence-electron chi connectivity index (χ0n) is 16.1. The molecule has 0 aliphatic carbocycles. The number of para-hydroxylation sites is 2. The van der Waals surface area contributed by atoms with Crippen LogP contribution in [0.25, 0.3) is 0 Å². The molecule has 0 aromatic heterocycles. The molecule has 2 amide bonds. The number of benzene rings is 2. The predicted molar refractivity (Wildman–Crippen MR) is 106 cm³/mol. The van der Waals surface area contributed by atoms with Crippen molar-refractivity contribution in [3.63, 3.8) is 0 Å². The number of hydrogen-bond acceptors (Lipinski definition) is 7. The van der Waals surface area contributed by atoms with Gasteiger partial charge in [0.25, 0.3) is 5.91 Å². The lowest BCUT2D eigenvalue weighted by molar-refractivity contribution is -0.146. The molecule has 0 spiro atoms. The van der Waals surface area contributed by atoms with Gasteiger partial charge in [-0.3, -0.25) is 19.3 Å². The van der Waals surface area contributed by atoms with Crippen molar-refractivity contribution in [1.82, 2.24) is 0 Å². The van der Waals surface area contributed by atoms with E-state index in [-0.39, 0.29) is 25.5 Å². The van der Waals surface area contributed by atoms with Crippen LogP contribution < -0.4 is 24.4 Å². The van der Waals surface area contributed by atoms with E-state index in [4.69, 9.17) is 18.9 Å². The molecular formula is C21H20N2O7. The fourth-order valence-corrected chi connectivity index (χ4v) is 3.13. The van der Waals surface area contributed by atoms with Gasteiger partial charge < -0.3 is 24.3 Å². The van der Waals surface area contributed by atoms with Crippen LogP contribution in [0, 0.1) is 0 Å². The van der Waals surface area contributed by atoms with Gasteiger partial charge >= 0.3 is 5.97 Å². The zero-order valence-corrected chi connectivity index (χ0v) is 16.1. The molecule has 0 bridgehead atoms. The van der Waals surface area contributed by atoms with Gasteiger partial charge in [0, 0.05) is 11.8 Å². The minimum Gasteiger partial charge on any atom is -0.491 e. The number of ether oxygens (including phenoxy) is 4. The molecule has 1 N–H and O–H groups in total. The van der Waals surface area contributed by atoms with Gasteiger partial charge in [-0.05, 0) is 24.3 Å². The fourth-order valence-electron chi connectivity index (χ4n) is 3.13. The molecule has 9 heteroatoms. The minimum atomic E-state index is -0.697. The maximum Gasteiger partial charge on any atom is 0.326 e. The molecule has 0 saturated carbocycles. The van der Waals surface area contributed by atoms with Gasteiger partial charge in [0.15, 0.2) is 18.1 Å². The molecule has 156 valence electrons. The Kier molecular flexibility index (Phi) is 5.69. The highest BCUT2D eigenvalue weighted by Gasteiger charge is 2.26. The van der Waals surface area contributed by atoms with Crippen molar-refractivity contribution in [2.24, 2.45) is 0 Å². The standard InChI is InChI=1S/C21H20N2O7/c24-19(22-14-5-6-17-18(11-14)29-10-9-28-17)13-30-21(26)12-23-15-3-1-2-4-16(15)27-8-7-20(23)25/h1-6,11H,7-10,12-13H2,(H,22,24). The Labute approximate surface area is 172 Å². The molecule has 9 nitrogen and oxygen atoms in total. The van der Waals surface area contributed by atoms with Gasteiger partial charge in [-0.15, -0.1) is 0 Å². The van der Waals surface area contributed by atoms with Crippen LogP contribution in [0.4, 0.5) is 11.4 Å². The number of anilines is 2. The van der Waals surface area contributed by atoms with Gasteiger partial charge in [-0.1, -0.05) is 12.1 Å². The summed E-state index contributed by atoms with van der Waals surface area (Å²) in [4.78, 5) is 38.0. The molecular weight excluding hydrogens is 392 g/mol. The van der Waals surface area contributed by atoms with Crippen LogP contribution in [-0.2, 0) is 19.1 Å². The zero-order chi connectivity index (χ0) is 20.9. The van der Waals surface area contributed by atoms with E-state index < -0.39 is 18.5 Å². The van der Waals surface area contributed by atoms with E-state index in [1.165, 1.54) is 4.90 Å². The van der Waals surface area contributed by atoms with Crippen molar-refractivity contribution < 1.29 is 33.3 Å². The summed E-state index contributed by atoms with van der Waals surface area (Å²) >= 11 is 0. The van der Waals surface area contributed by atoms with E-state index >= 15 is 0 Å². The van der Waals surface area contributed by atoms with Crippen LogP contribution >= 0.6 is 0 Å². The number of fused-ring (bicyclic) bond motifs is 2. The number of nitrogens with zero attached hydrogens (tertiary/aromatic N) is 1. The maximum atomic E-state index is 12.3. The Morgan fingerprint density at radius 2 is 1.73 bits per heavy atom. The number of amides is 2. The largest absolute Gasteiger partial charge is 0.491 e. The minimum absolute atomic E-state index is 0.145. The lowest BCUT2D eigenvalue weighted by atomic mass is 10.2. The summed E-state index contributed by atoms with van der Waals surface area (Å²) in [5.74, 6) is 0.210. The first-order valence-electron chi connectivity index (χ1n) is 9.47. The summed E-state index contributed by atoms with van der Waals surface area (Å²) in [5, 5.41) is 2.63. The Bertz CT molecular complexity index is 976. The number of carbonyl (C=O) groups excluding carboxylic acids is 3. The molecule has 2 aromatic rings. The number of hydrogen-bond donors (Lipinski definition) is 1. The van der Waals surface area contributed by atoms with Gasteiger partial charge in [0.2, 0.25) is 5.91 Å². The Morgan fingerprint density at radius 3 is 2.60 bits per heavy atom. The second-order valence-corrected chi connectivity index (χ2v) is 6.61. The van der Waals surface area contributed by atoms with Crippen LogP contribution in [0.5, 0.6) is 17.2 Å². The topological polar surface area (TPSA) is 103 Å². The lowest BCUT2D eigenvalue weighted by Gasteiger charge is -2.21. The van der Waals surface area contributed by atoms with Crippen molar-refractivity contribution in [2.75, 3.05) is 43.2 Å². The van der Waals surface area contributed by atoms with Crippen LogP contribution in [0.3, 0.4) is 0 Å². The quantitative estimate of drug-likeness (QED) is 0.747. The second kappa shape index (κ2) is 8.73. The molecule has 0 unspecified atom stereocenters. The highest BCUT2D eigenvalue weighted by Crippen LogP contribution is 2.33. The summed E-state index contributed by atoms with van der Waals surface area (Å²) in [5.41, 5.74) is 0.992. The van der Waals surface area contributed by atoms with Crippen LogP contribution in [-0.4, -0.2) is 50.8 Å². The van der Waals surface area contributed by atoms with Crippen molar-refractivity contribution in [3.8, 4) is 17.2 Å². The summed E-state index contributed by atoms with van der Waals surface area (Å²) in [6.45, 7) is 0.361. The van der Waals surface area contributed by atoms with E-state index in [0.717, 1.165) is 0 Å². The monoisotopic (exact) mass is 412 g/mol. The highest BCUT2D eigenvalue weighted by atomic mass is 16.6. The Hall–Kier alpha value is -3.75. The van der Waals surface area contributed by atoms with E-state index in [2.05, 4.69) is 5.32 Å². The van der Waals surface area contributed by atoms with Crippen molar-refractivity contribution in [3.05, 3.63) is 42.5 Å². The summed E-state index contributed by atoms with van der Waals surface area (Å²) in [7, 11) is 0. The Balaban J connectivity index is 1.32. The number of esters is 1. The summed E-state index contributed by atoms with van der Waals surface area (Å²) in [6.07, 6.45) is 0.145. The lowest BCUT2D eigenvalue weighted by Crippen LogP contribution is -2.37. The van der Waals surface area contributed by atoms with Gasteiger partial charge in [0.1, 0.15) is 25.5 Å². The molecule has 2 aliphatic rings. The Morgan fingerprint density at radius 1 is 0.967 bits per heavy atom. The van der Waals surface area contributed by atoms with Gasteiger partial charge in [-0.25, -0.2) is 0 Å². The first kappa shape index (κ1) is 19.6. The van der Waals surface area contributed by atoms with E-state index in [9.17, 15) is 14.4 Å². The highest BCUT2D eigenvalue weighted by molar-refractivity contribution is 6.00. The average molecular weight is 412 g/mol. The third kappa shape index (κ3) is 4.45. The predicted octanol–water partition coefficient (Wildman–Crippen LogP) is 1.76. The molecule has 30 heavy (non-hydrogen) atoms. The SMILES string of the molecule is O=C(COC(=O)CN1C(=O)CCOc2ccccc21)Nc1ccc2c(c1)OCCO2. The molecule has 2 heterocycles. The smallest absolute Gasteiger partial charge is 0.326 e. The van der Waals surface area contributed by atoms with E-state index in [1.54, 1.807) is 42.5 Å². The maximum absolute atomic E-state index is 12.3. The molecule has 2 aromatic carbocycles. The van der Waals surface area contributed by atoms with Gasteiger partial charge in [0.05, 0.1) is 18.7 Å². The summed E-state index contributed by atoms with van der Waals surface area (Å²) < 4.78 is 21.5. The van der Waals surface area contributed by atoms with E-state index in [1.807, 2.05) is 0 Å². The molecule has 0 saturated heterocycles. The molecule has 2 aliphatic heterocycles. The van der Waals surface area contributed by atoms with E-state index in [0.29, 0.717) is 41.8 Å². The fraction of sp³-hybridized carbons (Fsp3) is 0.286. The third-order valence-electron chi connectivity index (χ3n) is 4.51. The van der Waals surface area contributed by atoms with Crippen LogP contribution in [0.2, 0.25) is 0 Å². The average Bonchev–Trinajstić information content (AvgIpc) is 2.91. The molecule has 0 atom stereocenters. The van der Waals surface area contributed by atoms with Crippen LogP contribution in [0.1, 0.15) is 6.42 Å². The van der Waals surface area contributed by atoms with Crippen molar-refractivity contribution >= 4 is 29.2 Å².